The van der Waals surface area contributed by atoms with E-state index in [4.69, 9.17) is 25.8 Å². The SMILES string of the molecule is [O-]P(=S)(OCCOc1ccccc1)SCCOc1ccccc1.[Zn]. The number of hydrogen-bond donors (Lipinski definition) is 0. The summed E-state index contributed by atoms with van der Waals surface area (Å²) in [6.07, 6.45) is 0. The van der Waals surface area contributed by atoms with Crippen LogP contribution in [0.1, 0.15) is 0 Å². The first kappa shape index (κ1) is 21.6. The Bertz CT molecular complexity index is 564. The Kier molecular flexibility index (Phi) is 10.8. The van der Waals surface area contributed by atoms with Crippen LogP contribution >= 0.6 is 17.1 Å². The third-order valence-electron chi connectivity index (χ3n) is 2.69. The van der Waals surface area contributed by atoms with Gasteiger partial charge in [-0.1, -0.05) is 48.2 Å². The fraction of sp³-hybridized carbons (Fsp3) is 0.250. The molecule has 8 heteroatoms. The summed E-state index contributed by atoms with van der Waals surface area (Å²) < 4.78 is 16.2. The van der Waals surface area contributed by atoms with E-state index in [1.54, 1.807) is 0 Å². The van der Waals surface area contributed by atoms with Gasteiger partial charge in [-0.2, -0.15) is 0 Å². The van der Waals surface area contributed by atoms with Gasteiger partial charge in [-0.15, -0.1) is 11.4 Å². The Labute approximate surface area is 164 Å². The molecule has 0 aliphatic carbocycles. The quantitative estimate of drug-likeness (QED) is 0.324. The Morgan fingerprint density at radius 1 is 0.833 bits per heavy atom. The van der Waals surface area contributed by atoms with Gasteiger partial charge in [0, 0.05) is 30.9 Å². The number of benzene rings is 2. The Morgan fingerprint density at radius 2 is 1.33 bits per heavy atom. The minimum absolute atomic E-state index is 0. The second-order valence-corrected chi connectivity index (χ2v) is 10.6. The van der Waals surface area contributed by atoms with Gasteiger partial charge in [0.05, 0.1) is 13.2 Å². The zero-order chi connectivity index (χ0) is 16.4. The van der Waals surface area contributed by atoms with Crippen LogP contribution in [0.5, 0.6) is 11.5 Å². The van der Waals surface area contributed by atoms with Gasteiger partial charge in [0.25, 0.3) is 0 Å². The van der Waals surface area contributed by atoms with Crippen LogP contribution in [0, 0.1) is 0 Å². The first-order chi connectivity index (χ1) is 11.2. The fourth-order valence-electron chi connectivity index (χ4n) is 1.69. The molecule has 0 aliphatic heterocycles. The first-order valence-corrected chi connectivity index (χ1v) is 11.3. The number of ether oxygens (including phenoxy) is 2. The molecule has 126 valence electrons. The molecule has 0 N–H and O–H groups in total. The van der Waals surface area contributed by atoms with Crippen molar-refractivity contribution in [2.24, 2.45) is 0 Å². The summed E-state index contributed by atoms with van der Waals surface area (Å²) in [6, 6.07) is 18.8. The molecule has 1 unspecified atom stereocenters. The van der Waals surface area contributed by atoms with E-state index in [2.05, 4.69) is 0 Å². The van der Waals surface area contributed by atoms with Crippen LogP contribution < -0.4 is 14.4 Å². The first-order valence-electron chi connectivity index (χ1n) is 7.11. The minimum atomic E-state index is -3.10. The molecule has 0 saturated heterocycles. The van der Waals surface area contributed by atoms with Crippen molar-refractivity contribution in [3.63, 3.8) is 0 Å². The number of hydrogen-bond acceptors (Lipinski definition) is 6. The van der Waals surface area contributed by atoms with Gasteiger partial charge in [-0.3, -0.25) is 0 Å². The third-order valence-corrected chi connectivity index (χ3v) is 6.93. The van der Waals surface area contributed by atoms with Crippen LogP contribution in [0.25, 0.3) is 0 Å². The fourth-order valence-corrected chi connectivity index (χ4v) is 4.68. The molecule has 0 bridgehead atoms. The molecule has 0 heterocycles. The van der Waals surface area contributed by atoms with Crippen LogP contribution in [-0.2, 0) is 35.8 Å². The third kappa shape index (κ3) is 9.17. The molecular formula is C16H18O4PS2Zn-. The molecule has 4 nitrogen and oxygen atoms in total. The molecule has 0 radical (unpaired) electrons. The minimum Gasteiger partial charge on any atom is -0.793 e. The topological polar surface area (TPSA) is 50.8 Å². The van der Waals surface area contributed by atoms with Crippen molar-refractivity contribution in [1.82, 2.24) is 0 Å². The normalized spacial score (nSPS) is 12.7. The molecule has 0 amide bonds. The monoisotopic (exact) mass is 433 g/mol. The molecule has 0 aliphatic rings. The number of rotatable bonds is 10. The predicted molar refractivity (Wildman–Crippen MR) is 96.6 cm³/mol. The van der Waals surface area contributed by atoms with E-state index in [1.807, 2.05) is 60.7 Å². The molecule has 0 saturated carbocycles. The second-order valence-electron chi connectivity index (χ2n) is 4.44. The maximum atomic E-state index is 12.1. The van der Waals surface area contributed by atoms with Gasteiger partial charge >= 0.3 is 0 Å². The van der Waals surface area contributed by atoms with Gasteiger partial charge in [0.15, 0.2) is 0 Å². The van der Waals surface area contributed by atoms with E-state index < -0.39 is 5.69 Å². The second kappa shape index (κ2) is 12.0. The van der Waals surface area contributed by atoms with Crippen molar-refractivity contribution < 1.29 is 38.4 Å². The van der Waals surface area contributed by atoms with E-state index in [-0.39, 0.29) is 26.1 Å². The number of para-hydroxylation sites is 2. The van der Waals surface area contributed by atoms with E-state index in [1.165, 1.54) is 0 Å². The van der Waals surface area contributed by atoms with Crippen LogP contribution in [0.3, 0.4) is 0 Å². The smallest absolute Gasteiger partial charge is 0.119 e. The van der Waals surface area contributed by atoms with E-state index >= 15 is 0 Å². The molecule has 2 aromatic rings. The molecule has 2 rings (SSSR count). The maximum Gasteiger partial charge on any atom is 0.119 e. The van der Waals surface area contributed by atoms with Crippen molar-refractivity contribution in [2.75, 3.05) is 25.6 Å². The van der Waals surface area contributed by atoms with Crippen LogP contribution in [0.15, 0.2) is 60.7 Å². The maximum absolute atomic E-state index is 12.1. The van der Waals surface area contributed by atoms with Crippen molar-refractivity contribution in [1.29, 1.82) is 0 Å². The van der Waals surface area contributed by atoms with Crippen LogP contribution in [-0.4, -0.2) is 25.6 Å². The van der Waals surface area contributed by atoms with Gasteiger partial charge < -0.3 is 18.9 Å². The summed E-state index contributed by atoms with van der Waals surface area (Å²) in [5, 5.41) is 0. The summed E-state index contributed by atoms with van der Waals surface area (Å²) in [6.45, 7) is 0.938. The summed E-state index contributed by atoms with van der Waals surface area (Å²) in [7, 11) is 0. The standard InChI is InChI=1S/C16H19O4PS2.Zn/c17-21(22,20-12-11-18-15-7-3-1-4-8-15)23-14-13-19-16-9-5-2-6-10-16;/h1-10H,11-14H2,(H,17,22);/p-1. The predicted octanol–water partition coefficient (Wildman–Crippen LogP) is 3.48. The summed E-state index contributed by atoms with van der Waals surface area (Å²) in [5.74, 6) is 2.04. The van der Waals surface area contributed by atoms with Crippen LogP contribution in [0.2, 0.25) is 0 Å². The Balaban J connectivity index is 0.00000288. The zero-order valence-electron chi connectivity index (χ0n) is 13.2. The largest absolute Gasteiger partial charge is 0.793 e. The van der Waals surface area contributed by atoms with Gasteiger partial charge in [-0.05, 0) is 24.3 Å². The Morgan fingerprint density at radius 3 is 1.88 bits per heavy atom. The molecule has 0 aromatic heterocycles. The average molecular weight is 435 g/mol. The van der Waals surface area contributed by atoms with Crippen LogP contribution in [0.4, 0.5) is 0 Å². The Hall–Kier alpha value is -0.417. The van der Waals surface area contributed by atoms with Gasteiger partial charge in [0.2, 0.25) is 0 Å². The summed E-state index contributed by atoms with van der Waals surface area (Å²) in [5.41, 5.74) is -3.10. The van der Waals surface area contributed by atoms with Crippen molar-refractivity contribution in [3.8, 4) is 11.5 Å². The van der Waals surface area contributed by atoms with Gasteiger partial charge in [-0.25, -0.2) is 0 Å². The van der Waals surface area contributed by atoms with Crippen molar-refractivity contribution in [3.05, 3.63) is 60.7 Å². The molecule has 0 fully saturated rings. The van der Waals surface area contributed by atoms with E-state index in [9.17, 15) is 4.89 Å². The van der Waals surface area contributed by atoms with Crippen molar-refractivity contribution >= 4 is 28.9 Å². The molecule has 0 spiro atoms. The van der Waals surface area contributed by atoms with E-state index in [0.717, 1.165) is 22.9 Å². The average Bonchev–Trinajstić information content (AvgIpc) is 2.58. The summed E-state index contributed by atoms with van der Waals surface area (Å²) >= 11 is 6.10. The molecule has 2 aromatic carbocycles. The molecule has 1 atom stereocenters. The molecular weight excluding hydrogens is 417 g/mol. The van der Waals surface area contributed by atoms with E-state index in [0.29, 0.717) is 19.0 Å². The molecule has 24 heavy (non-hydrogen) atoms. The van der Waals surface area contributed by atoms with Gasteiger partial charge in [0.1, 0.15) is 18.1 Å². The summed E-state index contributed by atoms with van der Waals surface area (Å²) in [4.78, 5) is 12.1. The zero-order valence-corrected chi connectivity index (χ0v) is 18.7. The van der Waals surface area contributed by atoms with Crippen molar-refractivity contribution in [2.45, 2.75) is 0 Å².